The minimum absolute atomic E-state index is 0.0870. The normalized spacial score (nSPS) is 18.1. The van der Waals surface area contributed by atoms with Crippen LogP contribution in [0.2, 0.25) is 0 Å². The van der Waals surface area contributed by atoms with Crippen molar-refractivity contribution in [1.82, 2.24) is 15.1 Å². The second-order valence-corrected chi connectivity index (χ2v) is 5.82. The van der Waals surface area contributed by atoms with E-state index in [0.29, 0.717) is 11.4 Å². The molecule has 2 aromatic heterocycles. The molecule has 6 heteroatoms. The van der Waals surface area contributed by atoms with E-state index in [9.17, 15) is 4.79 Å². The van der Waals surface area contributed by atoms with E-state index in [-0.39, 0.29) is 11.9 Å². The Labute approximate surface area is 115 Å². The van der Waals surface area contributed by atoms with E-state index < -0.39 is 0 Å². The molecule has 0 saturated carbocycles. The number of aromatic nitrogens is 2. The second-order valence-electron chi connectivity index (χ2n) is 4.82. The van der Waals surface area contributed by atoms with Crippen LogP contribution < -0.4 is 11.1 Å². The zero-order chi connectivity index (χ0) is 13.4. The summed E-state index contributed by atoms with van der Waals surface area (Å²) in [5, 5.41) is 9.23. The number of nitrogens with one attached hydrogen (secondary N) is 1. The molecule has 1 amide bonds. The first kappa shape index (κ1) is 12.2. The number of carbonyl (C=O) groups is 1. The van der Waals surface area contributed by atoms with E-state index in [2.05, 4.69) is 21.9 Å². The molecular formula is C13H16N4OS. The van der Waals surface area contributed by atoms with E-state index in [1.54, 1.807) is 29.3 Å². The molecule has 0 fully saturated rings. The number of nitrogen functional groups attached to an aromatic ring is 1. The fourth-order valence-electron chi connectivity index (χ4n) is 2.55. The Kier molecular flexibility index (Phi) is 3.02. The summed E-state index contributed by atoms with van der Waals surface area (Å²) >= 11 is 1.76. The number of rotatable bonds is 2. The van der Waals surface area contributed by atoms with Gasteiger partial charge in [0.2, 0.25) is 0 Å². The molecule has 2 heterocycles. The summed E-state index contributed by atoms with van der Waals surface area (Å²) in [6.45, 7) is 0. The van der Waals surface area contributed by atoms with Crippen LogP contribution in [0.15, 0.2) is 17.6 Å². The van der Waals surface area contributed by atoms with Crippen molar-refractivity contribution in [2.45, 2.75) is 25.3 Å². The smallest absolute Gasteiger partial charge is 0.274 e. The van der Waals surface area contributed by atoms with Crippen LogP contribution in [0.4, 0.5) is 5.69 Å². The van der Waals surface area contributed by atoms with Gasteiger partial charge in [0.05, 0.1) is 11.7 Å². The molecule has 1 aliphatic rings. The lowest BCUT2D eigenvalue weighted by molar-refractivity contribution is 0.0928. The number of fused-ring (bicyclic) bond motifs is 1. The number of carbonyl (C=O) groups excluding carboxylic acids is 1. The van der Waals surface area contributed by atoms with E-state index in [1.807, 2.05) is 0 Å². The van der Waals surface area contributed by atoms with Gasteiger partial charge in [-0.1, -0.05) is 0 Å². The van der Waals surface area contributed by atoms with Crippen LogP contribution in [0.1, 0.15) is 39.8 Å². The first-order valence-electron chi connectivity index (χ1n) is 6.31. The molecule has 0 spiro atoms. The Morgan fingerprint density at radius 3 is 3.21 bits per heavy atom. The number of anilines is 1. The van der Waals surface area contributed by atoms with Crippen LogP contribution in [0.25, 0.3) is 0 Å². The molecule has 0 aliphatic heterocycles. The summed E-state index contributed by atoms with van der Waals surface area (Å²) in [5.74, 6) is -0.192. The number of nitrogens with two attached hydrogens (primary N) is 1. The molecule has 5 nitrogen and oxygen atoms in total. The van der Waals surface area contributed by atoms with Crippen molar-refractivity contribution in [3.63, 3.8) is 0 Å². The van der Waals surface area contributed by atoms with Crippen molar-refractivity contribution in [1.29, 1.82) is 0 Å². The van der Waals surface area contributed by atoms with E-state index in [0.717, 1.165) is 19.3 Å². The van der Waals surface area contributed by atoms with Crippen LogP contribution in [0.3, 0.4) is 0 Å². The molecule has 0 bridgehead atoms. The maximum atomic E-state index is 12.2. The second kappa shape index (κ2) is 4.70. The largest absolute Gasteiger partial charge is 0.396 e. The maximum absolute atomic E-state index is 12.2. The molecule has 1 unspecified atom stereocenters. The monoisotopic (exact) mass is 276 g/mol. The van der Waals surface area contributed by atoms with E-state index in [1.165, 1.54) is 10.4 Å². The van der Waals surface area contributed by atoms with Gasteiger partial charge in [-0.05, 0) is 36.3 Å². The van der Waals surface area contributed by atoms with Gasteiger partial charge in [0.15, 0.2) is 5.69 Å². The molecular weight excluding hydrogens is 260 g/mol. The van der Waals surface area contributed by atoms with Gasteiger partial charge >= 0.3 is 0 Å². The van der Waals surface area contributed by atoms with Crippen molar-refractivity contribution in [3.05, 3.63) is 33.8 Å². The summed E-state index contributed by atoms with van der Waals surface area (Å²) in [5.41, 5.74) is 7.76. The summed E-state index contributed by atoms with van der Waals surface area (Å²) in [7, 11) is 1.75. The zero-order valence-corrected chi connectivity index (χ0v) is 11.5. The fourth-order valence-corrected chi connectivity index (χ4v) is 3.53. The number of hydrogen-bond acceptors (Lipinski definition) is 4. The highest BCUT2D eigenvalue weighted by Gasteiger charge is 2.24. The molecule has 1 aliphatic carbocycles. The van der Waals surface area contributed by atoms with Crippen molar-refractivity contribution in [2.75, 3.05) is 5.73 Å². The average Bonchev–Trinajstić information content (AvgIpc) is 2.96. The standard InChI is InChI=1S/C13H16N4OS/c1-17-7-9(14)12(16-17)13(18)15-10-3-2-4-11-8(10)5-6-19-11/h5-7,10H,2-4,14H2,1H3,(H,15,18). The summed E-state index contributed by atoms with van der Waals surface area (Å²) in [4.78, 5) is 13.6. The number of hydrogen-bond donors (Lipinski definition) is 2. The predicted octanol–water partition coefficient (Wildman–Crippen LogP) is 1.87. The third-order valence-corrected chi connectivity index (χ3v) is 4.43. The molecule has 1 atom stereocenters. The van der Waals surface area contributed by atoms with Gasteiger partial charge in [-0.3, -0.25) is 9.48 Å². The van der Waals surface area contributed by atoms with Crippen LogP contribution in [0.5, 0.6) is 0 Å². The van der Waals surface area contributed by atoms with Gasteiger partial charge in [0.25, 0.3) is 5.91 Å². The number of thiophene rings is 1. The maximum Gasteiger partial charge on any atom is 0.274 e. The van der Waals surface area contributed by atoms with E-state index in [4.69, 9.17) is 5.73 Å². The Morgan fingerprint density at radius 2 is 2.47 bits per heavy atom. The van der Waals surface area contributed by atoms with Gasteiger partial charge in [-0.2, -0.15) is 5.10 Å². The van der Waals surface area contributed by atoms with Crippen LogP contribution in [-0.2, 0) is 13.5 Å². The van der Waals surface area contributed by atoms with Crippen molar-refractivity contribution in [3.8, 4) is 0 Å². The lowest BCUT2D eigenvalue weighted by atomic mass is 9.94. The Morgan fingerprint density at radius 1 is 1.63 bits per heavy atom. The highest BCUT2D eigenvalue weighted by molar-refractivity contribution is 7.10. The van der Waals surface area contributed by atoms with E-state index >= 15 is 0 Å². The Bertz CT molecular complexity index is 616. The minimum Gasteiger partial charge on any atom is -0.396 e. The van der Waals surface area contributed by atoms with Crippen molar-refractivity contribution >= 4 is 22.9 Å². The van der Waals surface area contributed by atoms with Crippen LogP contribution in [-0.4, -0.2) is 15.7 Å². The quantitative estimate of drug-likeness (QED) is 0.879. The summed E-state index contributed by atoms with van der Waals surface area (Å²) in [6.07, 6.45) is 4.84. The average molecular weight is 276 g/mol. The molecule has 0 saturated heterocycles. The van der Waals surface area contributed by atoms with Gasteiger partial charge in [-0.25, -0.2) is 0 Å². The molecule has 19 heavy (non-hydrogen) atoms. The zero-order valence-electron chi connectivity index (χ0n) is 10.7. The molecule has 3 rings (SSSR count). The highest BCUT2D eigenvalue weighted by Crippen LogP contribution is 2.33. The number of aryl methyl sites for hydroxylation is 2. The molecule has 0 radical (unpaired) electrons. The van der Waals surface area contributed by atoms with Crippen LogP contribution >= 0.6 is 11.3 Å². The Balaban J connectivity index is 1.80. The third-order valence-electron chi connectivity index (χ3n) is 3.43. The molecule has 2 aromatic rings. The minimum atomic E-state index is -0.192. The summed E-state index contributed by atoms with van der Waals surface area (Å²) < 4.78 is 1.56. The van der Waals surface area contributed by atoms with Crippen molar-refractivity contribution < 1.29 is 4.79 Å². The summed E-state index contributed by atoms with van der Waals surface area (Å²) in [6, 6.07) is 2.19. The van der Waals surface area contributed by atoms with Gasteiger partial charge in [0.1, 0.15) is 0 Å². The number of nitrogens with zero attached hydrogens (tertiary/aromatic N) is 2. The SMILES string of the molecule is Cn1cc(N)c(C(=O)NC2CCCc3sccc32)n1. The first-order valence-corrected chi connectivity index (χ1v) is 7.19. The van der Waals surface area contributed by atoms with Crippen LogP contribution in [0, 0.1) is 0 Å². The lowest BCUT2D eigenvalue weighted by Crippen LogP contribution is -2.31. The third kappa shape index (κ3) is 2.23. The predicted molar refractivity (Wildman–Crippen MR) is 75.1 cm³/mol. The molecule has 3 N–H and O–H groups in total. The van der Waals surface area contributed by atoms with Gasteiger partial charge in [0, 0.05) is 18.1 Å². The number of amides is 1. The topological polar surface area (TPSA) is 72.9 Å². The lowest BCUT2D eigenvalue weighted by Gasteiger charge is -2.23. The first-order chi connectivity index (χ1) is 9.15. The molecule has 100 valence electrons. The van der Waals surface area contributed by atoms with Crippen molar-refractivity contribution in [2.24, 2.45) is 7.05 Å². The molecule has 0 aromatic carbocycles. The highest BCUT2D eigenvalue weighted by atomic mass is 32.1. The fraction of sp³-hybridized carbons (Fsp3) is 0.385. The van der Waals surface area contributed by atoms with Gasteiger partial charge in [-0.15, -0.1) is 11.3 Å². The Hall–Kier alpha value is -1.82. The van der Waals surface area contributed by atoms with Gasteiger partial charge < -0.3 is 11.1 Å².